The molecule has 1 N–H and O–H groups in total. The van der Waals surface area contributed by atoms with E-state index in [0.717, 1.165) is 5.06 Å². The highest BCUT2D eigenvalue weighted by molar-refractivity contribution is 5.73. The highest BCUT2D eigenvalue weighted by Crippen LogP contribution is 2.29. The zero-order valence-corrected chi connectivity index (χ0v) is 13.7. The van der Waals surface area contributed by atoms with E-state index in [1.54, 1.807) is 19.1 Å². The third-order valence-corrected chi connectivity index (χ3v) is 3.06. The number of amides is 2. The molecule has 1 heterocycles. The van der Waals surface area contributed by atoms with Crippen molar-refractivity contribution in [1.29, 1.82) is 0 Å². The Balaban J connectivity index is 2.09. The first-order valence-electron chi connectivity index (χ1n) is 7.47. The molecule has 0 bridgehead atoms. The van der Waals surface area contributed by atoms with Crippen LogP contribution < -0.4 is 5.32 Å². The molecule has 138 valence electrons. The fourth-order valence-corrected chi connectivity index (χ4v) is 1.93. The Labute approximate surface area is 147 Å². The minimum absolute atomic E-state index is 0.0563. The van der Waals surface area contributed by atoms with Gasteiger partial charge in [0.05, 0.1) is 19.7 Å². The van der Waals surface area contributed by atoms with Gasteiger partial charge in [-0.2, -0.15) is 23.2 Å². The molecule has 0 atom stereocenters. The Bertz CT molecular complexity index is 781. The average Bonchev–Trinajstić information content (AvgIpc) is 3.10. The molecule has 0 aliphatic rings. The van der Waals surface area contributed by atoms with Crippen LogP contribution in [-0.4, -0.2) is 34.4 Å². The molecular weight excluding hydrogens is 353 g/mol. The maximum Gasteiger partial charge on any atom is 0.471 e. The number of carbonyl (C=O) groups excluding carboxylic acids is 1. The van der Waals surface area contributed by atoms with E-state index in [4.69, 9.17) is 11.3 Å². The monoisotopic (exact) mass is 368 g/mol. The van der Waals surface area contributed by atoms with Crippen molar-refractivity contribution in [2.45, 2.75) is 19.6 Å². The van der Waals surface area contributed by atoms with Crippen LogP contribution in [0.3, 0.4) is 0 Å². The molecule has 1 aromatic carbocycles. The highest BCUT2D eigenvalue weighted by atomic mass is 19.4. The van der Waals surface area contributed by atoms with E-state index in [1.807, 2.05) is 0 Å². The first-order valence-corrected chi connectivity index (χ1v) is 7.47. The van der Waals surface area contributed by atoms with Gasteiger partial charge in [0.25, 0.3) is 0 Å². The topological polar surface area (TPSA) is 80.5 Å². The molecule has 7 nitrogen and oxygen atoms in total. The second kappa shape index (κ2) is 8.35. The predicted octanol–water partition coefficient (Wildman–Crippen LogP) is 2.85. The van der Waals surface area contributed by atoms with Crippen LogP contribution in [0.1, 0.15) is 18.4 Å². The lowest BCUT2D eigenvalue weighted by molar-refractivity contribution is -0.159. The molecule has 0 aliphatic heterocycles. The van der Waals surface area contributed by atoms with E-state index >= 15 is 0 Å². The molecule has 0 fully saturated rings. The van der Waals surface area contributed by atoms with E-state index in [0.29, 0.717) is 11.1 Å². The van der Waals surface area contributed by atoms with Crippen LogP contribution in [0.2, 0.25) is 0 Å². The lowest BCUT2D eigenvalue weighted by atomic mass is 10.1. The number of nitrogens with zero attached hydrogens (tertiary/aromatic N) is 3. The van der Waals surface area contributed by atoms with E-state index < -0.39 is 18.1 Å². The van der Waals surface area contributed by atoms with Crippen molar-refractivity contribution in [3.05, 3.63) is 35.7 Å². The van der Waals surface area contributed by atoms with Gasteiger partial charge in [0.15, 0.2) is 0 Å². The number of rotatable bonds is 6. The average molecular weight is 368 g/mol. The molecule has 2 rings (SSSR count). The summed E-state index contributed by atoms with van der Waals surface area (Å²) in [6.45, 7) is 2.16. The summed E-state index contributed by atoms with van der Waals surface area (Å²) < 4.78 is 41.7. The molecule has 0 radical (unpaired) electrons. The highest BCUT2D eigenvalue weighted by Gasteiger charge is 2.38. The molecule has 26 heavy (non-hydrogen) atoms. The van der Waals surface area contributed by atoms with Crippen molar-refractivity contribution in [3.8, 4) is 23.7 Å². The Morgan fingerprint density at radius 2 is 2.08 bits per heavy atom. The Morgan fingerprint density at radius 3 is 2.62 bits per heavy atom. The number of hydrogen-bond donors (Lipinski definition) is 1. The van der Waals surface area contributed by atoms with Crippen LogP contribution in [0.5, 0.6) is 0 Å². The van der Waals surface area contributed by atoms with Crippen LogP contribution in [0, 0.1) is 12.3 Å². The standard InChI is InChI=1S/C16H15F3N4O3/c1-3-9-20-15(24)23(25-4-2)10-11-5-7-12(8-6-11)13-21-14(26-22-13)16(17,18)19/h1,5-8H,4,9-10H2,2H3,(H,20,24). The summed E-state index contributed by atoms with van der Waals surface area (Å²) in [5.74, 6) is 0.685. The van der Waals surface area contributed by atoms with Crippen molar-refractivity contribution in [2.75, 3.05) is 13.2 Å². The van der Waals surface area contributed by atoms with Gasteiger partial charge < -0.3 is 9.84 Å². The number of nitrogens with one attached hydrogen (secondary N) is 1. The van der Waals surface area contributed by atoms with Crippen molar-refractivity contribution in [3.63, 3.8) is 0 Å². The predicted molar refractivity (Wildman–Crippen MR) is 84.1 cm³/mol. The van der Waals surface area contributed by atoms with Crippen molar-refractivity contribution in [1.82, 2.24) is 20.5 Å². The van der Waals surface area contributed by atoms with Crippen molar-refractivity contribution >= 4 is 6.03 Å². The zero-order chi connectivity index (χ0) is 19.2. The molecular formula is C16H15F3N4O3. The van der Waals surface area contributed by atoms with E-state index in [9.17, 15) is 18.0 Å². The fourth-order valence-electron chi connectivity index (χ4n) is 1.93. The minimum Gasteiger partial charge on any atom is -0.329 e. The van der Waals surface area contributed by atoms with Gasteiger partial charge in [-0.1, -0.05) is 35.3 Å². The summed E-state index contributed by atoms with van der Waals surface area (Å²) in [5, 5.41) is 6.89. The number of alkyl halides is 3. The van der Waals surface area contributed by atoms with Crippen LogP contribution in [0.4, 0.5) is 18.0 Å². The van der Waals surface area contributed by atoms with Gasteiger partial charge in [0.1, 0.15) is 0 Å². The zero-order valence-electron chi connectivity index (χ0n) is 13.7. The number of aromatic nitrogens is 2. The van der Waals surface area contributed by atoms with Crippen molar-refractivity contribution in [2.24, 2.45) is 0 Å². The lowest BCUT2D eigenvalue weighted by Crippen LogP contribution is -2.39. The van der Waals surface area contributed by atoms with E-state index in [-0.39, 0.29) is 25.5 Å². The van der Waals surface area contributed by atoms with Gasteiger partial charge in [0.2, 0.25) is 5.82 Å². The Kier molecular flexibility index (Phi) is 6.19. The first-order chi connectivity index (χ1) is 12.3. The van der Waals surface area contributed by atoms with Gasteiger partial charge in [-0.05, 0) is 12.5 Å². The number of carbonyl (C=O) groups is 1. The quantitative estimate of drug-likeness (QED) is 0.626. The number of hydroxylamine groups is 2. The smallest absolute Gasteiger partial charge is 0.329 e. The summed E-state index contributed by atoms with van der Waals surface area (Å²) in [5.41, 5.74) is 1.02. The number of urea groups is 1. The maximum atomic E-state index is 12.5. The van der Waals surface area contributed by atoms with E-state index in [1.165, 1.54) is 12.1 Å². The number of benzene rings is 1. The number of halogens is 3. The van der Waals surface area contributed by atoms with Gasteiger partial charge in [-0.25, -0.2) is 4.79 Å². The second-order valence-electron chi connectivity index (χ2n) is 4.94. The Hall–Kier alpha value is -3.06. The number of terminal acetylenes is 1. The molecule has 0 aliphatic carbocycles. The molecule has 0 saturated carbocycles. The first kappa shape index (κ1) is 19.3. The summed E-state index contributed by atoms with van der Waals surface area (Å²) in [6.07, 6.45) is 0.391. The number of hydrogen-bond acceptors (Lipinski definition) is 5. The summed E-state index contributed by atoms with van der Waals surface area (Å²) in [7, 11) is 0. The normalized spacial score (nSPS) is 11.0. The summed E-state index contributed by atoms with van der Waals surface area (Å²) in [4.78, 5) is 20.5. The van der Waals surface area contributed by atoms with Crippen molar-refractivity contribution < 1.29 is 27.3 Å². The van der Waals surface area contributed by atoms with Gasteiger partial charge >= 0.3 is 18.1 Å². The SMILES string of the molecule is C#CCNC(=O)N(Cc1ccc(-c2noc(C(F)(F)F)n2)cc1)OCC. The van der Waals surface area contributed by atoms with Gasteiger partial charge in [-0.3, -0.25) is 4.84 Å². The van der Waals surface area contributed by atoms with Gasteiger partial charge in [0, 0.05) is 5.56 Å². The van der Waals surface area contributed by atoms with Crippen LogP contribution in [0.25, 0.3) is 11.4 Å². The molecule has 0 unspecified atom stereocenters. The molecule has 0 spiro atoms. The maximum absolute atomic E-state index is 12.5. The fraction of sp³-hybridized carbons (Fsp3) is 0.312. The molecule has 10 heteroatoms. The third-order valence-electron chi connectivity index (χ3n) is 3.06. The molecule has 2 aromatic rings. The molecule has 2 amide bonds. The summed E-state index contributed by atoms with van der Waals surface area (Å²) >= 11 is 0. The van der Waals surface area contributed by atoms with Crippen LogP contribution in [-0.2, 0) is 17.6 Å². The lowest BCUT2D eigenvalue weighted by Gasteiger charge is -2.21. The molecule has 0 saturated heterocycles. The third kappa shape index (κ3) is 4.97. The van der Waals surface area contributed by atoms with Crippen LogP contribution >= 0.6 is 0 Å². The minimum atomic E-state index is -4.70. The van der Waals surface area contributed by atoms with E-state index in [2.05, 4.69) is 25.9 Å². The largest absolute Gasteiger partial charge is 0.471 e. The Morgan fingerprint density at radius 1 is 1.38 bits per heavy atom. The second-order valence-corrected chi connectivity index (χ2v) is 4.94. The summed E-state index contributed by atoms with van der Waals surface area (Å²) in [6, 6.07) is 5.76. The van der Waals surface area contributed by atoms with Crippen LogP contribution in [0.15, 0.2) is 28.8 Å². The van der Waals surface area contributed by atoms with Gasteiger partial charge in [-0.15, -0.1) is 6.42 Å². The molecule has 1 aromatic heterocycles.